The number of carbonyl (C=O) groups excluding carboxylic acids is 1. The lowest BCUT2D eigenvalue weighted by molar-refractivity contribution is -0.131. The highest BCUT2D eigenvalue weighted by atomic mass is 32.2. The van der Waals surface area contributed by atoms with Gasteiger partial charge in [-0.1, -0.05) is 5.16 Å². The molecule has 1 aromatic heterocycles. The lowest BCUT2D eigenvalue weighted by Crippen LogP contribution is -2.30. The Hall–Kier alpha value is -2.15. The van der Waals surface area contributed by atoms with E-state index in [0.717, 1.165) is 22.1 Å². The second-order valence-electron chi connectivity index (χ2n) is 5.51. The van der Waals surface area contributed by atoms with Gasteiger partial charge in [0.1, 0.15) is 25.2 Å². The van der Waals surface area contributed by atoms with Crippen LogP contribution < -0.4 is 9.47 Å². The van der Waals surface area contributed by atoms with Crippen LogP contribution in [0.25, 0.3) is 0 Å². The summed E-state index contributed by atoms with van der Waals surface area (Å²) in [7, 11) is 1.79. The molecule has 1 unspecified atom stereocenters. The first kappa shape index (κ1) is 16.7. The third-order valence-electron chi connectivity index (χ3n) is 3.96. The number of aromatic nitrogens is 1. The highest BCUT2D eigenvalue weighted by Gasteiger charge is 2.19. The average molecular weight is 348 g/mol. The maximum absolute atomic E-state index is 12.3. The van der Waals surface area contributed by atoms with Crippen LogP contribution in [-0.4, -0.2) is 42.0 Å². The number of thioether (sulfide) groups is 1. The van der Waals surface area contributed by atoms with Gasteiger partial charge >= 0.3 is 0 Å². The highest BCUT2D eigenvalue weighted by Crippen LogP contribution is 2.34. The predicted molar refractivity (Wildman–Crippen MR) is 90.5 cm³/mol. The molecule has 1 atom stereocenters. The summed E-state index contributed by atoms with van der Waals surface area (Å²) in [5.74, 6) is 2.33. The third-order valence-corrected chi connectivity index (χ3v) is 4.95. The van der Waals surface area contributed by atoms with E-state index in [-0.39, 0.29) is 11.9 Å². The number of rotatable bonds is 6. The van der Waals surface area contributed by atoms with Crippen molar-refractivity contribution in [3.05, 3.63) is 36.2 Å². The first-order valence-electron chi connectivity index (χ1n) is 7.83. The van der Waals surface area contributed by atoms with Gasteiger partial charge in [0.15, 0.2) is 11.5 Å². The Labute approximate surface area is 145 Å². The fourth-order valence-electron chi connectivity index (χ4n) is 2.40. The maximum atomic E-state index is 12.3. The zero-order valence-electron chi connectivity index (χ0n) is 13.7. The van der Waals surface area contributed by atoms with E-state index in [9.17, 15) is 4.79 Å². The van der Waals surface area contributed by atoms with Crippen molar-refractivity contribution >= 4 is 17.7 Å². The Kier molecular flexibility index (Phi) is 5.30. The molecule has 7 heteroatoms. The van der Waals surface area contributed by atoms with E-state index < -0.39 is 0 Å². The standard InChI is InChI=1S/C17H20N2O4S/c1-12(14-5-7-23-18-14)19(2)17(20)6-10-24-13-3-4-15-16(11-13)22-9-8-21-15/h3-5,7,11-12H,6,8-10H2,1-2H3. The molecule has 1 amide bonds. The molecule has 1 aromatic carbocycles. The molecule has 24 heavy (non-hydrogen) atoms. The number of hydrogen-bond acceptors (Lipinski definition) is 6. The van der Waals surface area contributed by atoms with E-state index in [2.05, 4.69) is 5.16 Å². The van der Waals surface area contributed by atoms with Crippen LogP contribution in [-0.2, 0) is 4.79 Å². The van der Waals surface area contributed by atoms with E-state index >= 15 is 0 Å². The minimum absolute atomic E-state index is 0.0792. The third kappa shape index (κ3) is 3.84. The summed E-state index contributed by atoms with van der Waals surface area (Å²) in [4.78, 5) is 15.1. The minimum Gasteiger partial charge on any atom is -0.486 e. The van der Waals surface area contributed by atoms with Crippen molar-refractivity contribution in [3.8, 4) is 11.5 Å². The lowest BCUT2D eigenvalue weighted by Gasteiger charge is -2.23. The number of carbonyl (C=O) groups is 1. The van der Waals surface area contributed by atoms with E-state index in [0.29, 0.717) is 25.4 Å². The van der Waals surface area contributed by atoms with Crippen LogP contribution in [0.4, 0.5) is 0 Å². The van der Waals surface area contributed by atoms with Gasteiger partial charge in [0.25, 0.3) is 0 Å². The molecular weight excluding hydrogens is 328 g/mol. The van der Waals surface area contributed by atoms with Crippen LogP contribution in [0.5, 0.6) is 11.5 Å². The van der Waals surface area contributed by atoms with Crippen LogP contribution in [0.2, 0.25) is 0 Å². The molecule has 6 nitrogen and oxygen atoms in total. The van der Waals surface area contributed by atoms with Gasteiger partial charge in [0, 0.05) is 30.2 Å². The van der Waals surface area contributed by atoms with Gasteiger partial charge in [-0.3, -0.25) is 4.79 Å². The monoisotopic (exact) mass is 348 g/mol. The molecule has 3 rings (SSSR count). The van der Waals surface area contributed by atoms with Crippen LogP contribution >= 0.6 is 11.8 Å². The van der Waals surface area contributed by atoms with Gasteiger partial charge in [0.2, 0.25) is 5.91 Å². The first-order chi connectivity index (χ1) is 11.6. The Morgan fingerprint density at radius 2 is 2.08 bits per heavy atom. The Morgan fingerprint density at radius 3 is 2.83 bits per heavy atom. The van der Waals surface area contributed by atoms with E-state index in [1.165, 1.54) is 6.26 Å². The average Bonchev–Trinajstić information content (AvgIpc) is 3.15. The smallest absolute Gasteiger partial charge is 0.223 e. The van der Waals surface area contributed by atoms with Crippen molar-refractivity contribution in [1.29, 1.82) is 0 Å². The minimum atomic E-state index is -0.101. The lowest BCUT2D eigenvalue weighted by atomic mass is 10.2. The summed E-state index contributed by atoms with van der Waals surface area (Å²) >= 11 is 1.63. The Bertz CT molecular complexity index is 690. The van der Waals surface area contributed by atoms with Crippen LogP contribution in [0, 0.1) is 0 Å². The molecule has 0 N–H and O–H groups in total. The largest absolute Gasteiger partial charge is 0.486 e. The molecule has 1 aliphatic heterocycles. The number of benzene rings is 1. The number of nitrogens with zero attached hydrogens (tertiary/aromatic N) is 2. The number of fused-ring (bicyclic) bond motifs is 1. The van der Waals surface area contributed by atoms with Crippen LogP contribution in [0.3, 0.4) is 0 Å². The molecule has 2 heterocycles. The van der Waals surface area contributed by atoms with E-state index in [1.807, 2.05) is 25.1 Å². The molecule has 0 aliphatic carbocycles. The number of ether oxygens (including phenoxy) is 2. The summed E-state index contributed by atoms with van der Waals surface area (Å²) in [5.41, 5.74) is 0.755. The molecular formula is C17H20N2O4S. The zero-order chi connectivity index (χ0) is 16.9. The summed E-state index contributed by atoms with van der Waals surface area (Å²) in [6.45, 7) is 3.10. The van der Waals surface area contributed by atoms with E-state index in [4.69, 9.17) is 14.0 Å². The SMILES string of the molecule is CC(c1ccon1)N(C)C(=O)CCSc1ccc2c(c1)OCCO2. The number of amides is 1. The molecule has 128 valence electrons. The Balaban J connectivity index is 1.50. The molecule has 0 bridgehead atoms. The summed E-state index contributed by atoms with van der Waals surface area (Å²) in [5, 5.41) is 3.89. The maximum Gasteiger partial charge on any atom is 0.223 e. The summed E-state index contributed by atoms with van der Waals surface area (Å²) in [6, 6.07) is 7.54. The van der Waals surface area contributed by atoms with Crippen molar-refractivity contribution in [2.75, 3.05) is 26.0 Å². The van der Waals surface area contributed by atoms with Crippen LogP contribution in [0.15, 0.2) is 39.9 Å². The van der Waals surface area contributed by atoms with Gasteiger partial charge in [-0.2, -0.15) is 0 Å². The fraction of sp³-hybridized carbons (Fsp3) is 0.412. The van der Waals surface area contributed by atoms with Crippen molar-refractivity contribution in [1.82, 2.24) is 10.1 Å². The molecule has 0 spiro atoms. The Morgan fingerprint density at radius 1 is 1.29 bits per heavy atom. The van der Waals surface area contributed by atoms with Crippen LogP contribution in [0.1, 0.15) is 25.1 Å². The fourth-order valence-corrected chi connectivity index (χ4v) is 3.26. The van der Waals surface area contributed by atoms with Crippen molar-refractivity contribution < 1.29 is 18.8 Å². The summed E-state index contributed by atoms with van der Waals surface area (Å²) < 4.78 is 15.9. The predicted octanol–water partition coefficient (Wildman–Crippen LogP) is 3.15. The summed E-state index contributed by atoms with van der Waals surface area (Å²) in [6.07, 6.45) is 1.97. The second kappa shape index (κ2) is 7.61. The normalized spacial score (nSPS) is 14.2. The highest BCUT2D eigenvalue weighted by molar-refractivity contribution is 7.99. The van der Waals surface area contributed by atoms with Gasteiger partial charge in [-0.05, 0) is 25.1 Å². The molecule has 0 saturated carbocycles. The molecule has 0 fully saturated rings. The quantitative estimate of drug-likeness (QED) is 0.747. The zero-order valence-corrected chi connectivity index (χ0v) is 14.5. The molecule has 2 aromatic rings. The van der Waals surface area contributed by atoms with E-state index in [1.54, 1.807) is 29.8 Å². The second-order valence-corrected chi connectivity index (χ2v) is 6.68. The first-order valence-corrected chi connectivity index (χ1v) is 8.82. The van der Waals surface area contributed by atoms with Gasteiger partial charge in [-0.25, -0.2) is 0 Å². The number of hydrogen-bond donors (Lipinski definition) is 0. The van der Waals surface area contributed by atoms with Gasteiger partial charge < -0.3 is 18.9 Å². The molecule has 0 radical (unpaired) electrons. The molecule has 0 saturated heterocycles. The topological polar surface area (TPSA) is 64.8 Å². The van der Waals surface area contributed by atoms with Gasteiger partial charge in [-0.15, -0.1) is 11.8 Å². The van der Waals surface area contributed by atoms with Crippen molar-refractivity contribution in [3.63, 3.8) is 0 Å². The molecule has 1 aliphatic rings. The van der Waals surface area contributed by atoms with Gasteiger partial charge in [0.05, 0.1) is 6.04 Å². The van der Waals surface area contributed by atoms with Crippen molar-refractivity contribution in [2.45, 2.75) is 24.3 Å². The van der Waals surface area contributed by atoms with Crippen molar-refractivity contribution in [2.24, 2.45) is 0 Å².